The molecule has 1 aromatic heterocycles. The van der Waals surface area contributed by atoms with Crippen molar-refractivity contribution in [2.75, 3.05) is 31.7 Å². The molecule has 1 aliphatic rings. The Morgan fingerprint density at radius 3 is 3.20 bits per heavy atom. The standard InChI is InChI=1S/C9H13N3O3/c1-10-7-4-14-3-2-12(9(7)13)8-5-15-6-11-8/h5-7,10H,2-4H2,1H3. The minimum atomic E-state index is -0.316. The summed E-state index contributed by atoms with van der Waals surface area (Å²) in [6, 6.07) is -0.316. The van der Waals surface area contributed by atoms with Gasteiger partial charge in [-0.25, -0.2) is 0 Å². The average molecular weight is 211 g/mol. The molecule has 15 heavy (non-hydrogen) atoms. The van der Waals surface area contributed by atoms with Crippen LogP contribution in [0.4, 0.5) is 5.82 Å². The molecule has 82 valence electrons. The van der Waals surface area contributed by atoms with E-state index in [1.807, 2.05) is 0 Å². The van der Waals surface area contributed by atoms with Gasteiger partial charge in [0.05, 0.1) is 19.8 Å². The first-order valence-electron chi connectivity index (χ1n) is 4.77. The van der Waals surface area contributed by atoms with Crippen LogP contribution in [0.15, 0.2) is 17.1 Å². The quantitative estimate of drug-likeness (QED) is 0.722. The number of nitrogens with one attached hydrogen (secondary N) is 1. The molecule has 1 aliphatic heterocycles. The molecule has 6 heteroatoms. The molecule has 1 amide bonds. The molecule has 2 heterocycles. The molecule has 1 N–H and O–H groups in total. The Kier molecular flexibility index (Phi) is 2.98. The normalized spacial score (nSPS) is 22.9. The van der Waals surface area contributed by atoms with Gasteiger partial charge in [0, 0.05) is 0 Å². The van der Waals surface area contributed by atoms with E-state index in [9.17, 15) is 4.79 Å². The van der Waals surface area contributed by atoms with Crippen molar-refractivity contribution in [2.45, 2.75) is 6.04 Å². The smallest absolute Gasteiger partial charge is 0.247 e. The number of carbonyl (C=O) groups excluding carboxylic acids is 1. The Balaban J connectivity index is 2.19. The van der Waals surface area contributed by atoms with Crippen molar-refractivity contribution in [3.8, 4) is 0 Å². The van der Waals surface area contributed by atoms with Gasteiger partial charge in [-0.3, -0.25) is 9.69 Å². The van der Waals surface area contributed by atoms with Crippen LogP contribution in [-0.4, -0.2) is 43.7 Å². The Labute approximate surface area is 87.2 Å². The van der Waals surface area contributed by atoms with Gasteiger partial charge in [0.1, 0.15) is 12.3 Å². The van der Waals surface area contributed by atoms with E-state index in [2.05, 4.69) is 10.3 Å². The molecule has 1 unspecified atom stereocenters. The molecular weight excluding hydrogens is 198 g/mol. The lowest BCUT2D eigenvalue weighted by Crippen LogP contribution is -2.46. The first-order chi connectivity index (χ1) is 7.33. The Morgan fingerprint density at radius 1 is 1.67 bits per heavy atom. The molecule has 6 nitrogen and oxygen atoms in total. The number of hydrogen-bond donors (Lipinski definition) is 1. The Hall–Kier alpha value is -1.40. The second kappa shape index (κ2) is 4.41. The predicted octanol–water partition coefficient (Wildman–Crippen LogP) is -0.374. The molecule has 1 aromatic rings. The van der Waals surface area contributed by atoms with E-state index in [1.54, 1.807) is 11.9 Å². The number of rotatable bonds is 2. The zero-order valence-electron chi connectivity index (χ0n) is 8.47. The first-order valence-corrected chi connectivity index (χ1v) is 4.77. The van der Waals surface area contributed by atoms with Crippen molar-refractivity contribution in [3.63, 3.8) is 0 Å². The van der Waals surface area contributed by atoms with E-state index in [-0.39, 0.29) is 11.9 Å². The van der Waals surface area contributed by atoms with Crippen molar-refractivity contribution in [1.82, 2.24) is 10.3 Å². The topological polar surface area (TPSA) is 67.6 Å². The highest BCUT2D eigenvalue weighted by molar-refractivity contribution is 5.96. The number of hydrogen-bond acceptors (Lipinski definition) is 5. The second-order valence-corrected chi connectivity index (χ2v) is 3.25. The minimum absolute atomic E-state index is 0.0381. The Morgan fingerprint density at radius 2 is 2.53 bits per heavy atom. The first kappa shape index (κ1) is 10.1. The van der Waals surface area contributed by atoms with Crippen LogP contribution < -0.4 is 10.2 Å². The second-order valence-electron chi connectivity index (χ2n) is 3.25. The number of oxazole rings is 1. The number of likely N-dealkylation sites (N-methyl/N-ethyl adjacent to an activating group) is 1. The van der Waals surface area contributed by atoms with Crippen LogP contribution >= 0.6 is 0 Å². The summed E-state index contributed by atoms with van der Waals surface area (Å²) in [5, 5.41) is 2.91. The fourth-order valence-corrected chi connectivity index (χ4v) is 1.50. The minimum Gasteiger partial charge on any atom is -0.449 e. The average Bonchev–Trinajstić information content (AvgIpc) is 2.70. The lowest BCUT2D eigenvalue weighted by molar-refractivity contribution is -0.120. The van der Waals surface area contributed by atoms with E-state index < -0.39 is 0 Å². The van der Waals surface area contributed by atoms with E-state index in [0.29, 0.717) is 25.6 Å². The van der Waals surface area contributed by atoms with Crippen LogP contribution in [0.5, 0.6) is 0 Å². The maximum absolute atomic E-state index is 12.0. The van der Waals surface area contributed by atoms with E-state index in [1.165, 1.54) is 12.7 Å². The van der Waals surface area contributed by atoms with Gasteiger partial charge in [-0.2, -0.15) is 4.98 Å². The third-order valence-corrected chi connectivity index (χ3v) is 2.35. The largest absolute Gasteiger partial charge is 0.449 e. The number of amides is 1. The van der Waals surface area contributed by atoms with E-state index >= 15 is 0 Å². The van der Waals surface area contributed by atoms with Crippen LogP contribution in [0.3, 0.4) is 0 Å². The molecule has 1 atom stereocenters. The van der Waals surface area contributed by atoms with Crippen LogP contribution in [-0.2, 0) is 9.53 Å². The van der Waals surface area contributed by atoms with Gasteiger partial charge in [-0.1, -0.05) is 0 Å². The van der Waals surface area contributed by atoms with Gasteiger partial charge in [-0.05, 0) is 7.05 Å². The maximum atomic E-state index is 12.0. The summed E-state index contributed by atoms with van der Waals surface area (Å²) in [5.74, 6) is 0.495. The van der Waals surface area contributed by atoms with Crippen molar-refractivity contribution >= 4 is 11.7 Å². The molecular formula is C9H13N3O3. The van der Waals surface area contributed by atoms with Gasteiger partial charge < -0.3 is 14.5 Å². The zero-order chi connectivity index (χ0) is 10.7. The molecule has 1 saturated heterocycles. The van der Waals surface area contributed by atoms with Crippen molar-refractivity contribution < 1.29 is 13.9 Å². The highest BCUT2D eigenvalue weighted by Gasteiger charge is 2.28. The molecule has 0 spiro atoms. The summed E-state index contributed by atoms with van der Waals surface area (Å²) in [6.07, 6.45) is 2.76. The van der Waals surface area contributed by atoms with Gasteiger partial charge in [-0.15, -0.1) is 0 Å². The molecule has 1 fully saturated rings. The number of ether oxygens (including phenoxy) is 1. The highest BCUT2D eigenvalue weighted by Crippen LogP contribution is 2.13. The highest BCUT2D eigenvalue weighted by atomic mass is 16.5. The third kappa shape index (κ3) is 2.00. The fourth-order valence-electron chi connectivity index (χ4n) is 1.50. The SMILES string of the molecule is CNC1COCCN(c2cocn2)C1=O. The summed E-state index contributed by atoms with van der Waals surface area (Å²) in [4.78, 5) is 17.5. The molecule has 0 saturated carbocycles. The van der Waals surface area contributed by atoms with Gasteiger partial charge in [0.15, 0.2) is 12.2 Å². The zero-order valence-corrected chi connectivity index (χ0v) is 8.47. The van der Waals surface area contributed by atoms with Crippen molar-refractivity contribution in [1.29, 1.82) is 0 Å². The molecule has 0 bridgehead atoms. The summed E-state index contributed by atoms with van der Waals surface area (Å²) < 4.78 is 10.2. The number of aromatic nitrogens is 1. The molecule has 2 rings (SSSR count). The summed E-state index contributed by atoms with van der Waals surface area (Å²) in [5.41, 5.74) is 0. The van der Waals surface area contributed by atoms with Crippen LogP contribution in [0.25, 0.3) is 0 Å². The van der Waals surface area contributed by atoms with Crippen LogP contribution in [0, 0.1) is 0 Å². The van der Waals surface area contributed by atoms with E-state index in [0.717, 1.165) is 0 Å². The van der Waals surface area contributed by atoms with Gasteiger partial charge >= 0.3 is 0 Å². The number of nitrogens with zero attached hydrogens (tertiary/aromatic N) is 2. The van der Waals surface area contributed by atoms with E-state index in [4.69, 9.17) is 9.15 Å². The van der Waals surface area contributed by atoms with Gasteiger partial charge in [0.25, 0.3) is 0 Å². The molecule has 0 aromatic carbocycles. The van der Waals surface area contributed by atoms with Crippen LogP contribution in [0.1, 0.15) is 0 Å². The maximum Gasteiger partial charge on any atom is 0.247 e. The summed E-state index contributed by atoms with van der Waals surface area (Å²) in [7, 11) is 1.73. The fraction of sp³-hybridized carbons (Fsp3) is 0.556. The summed E-state index contributed by atoms with van der Waals surface area (Å²) in [6.45, 7) is 1.41. The summed E-state index contributed by atoms with van der Waals surface area (Å²) >= 11 is 0. The monoisotopic (exact) mass is 211 g/mol. The van der Waals surface area contributed by atoms with Crippen molar-refractivity contribution in [3.05, 3.63) is 12.7 Å². The van der Waals surface area contributed by atoms with Crippen molar-refractivity contribution in [2.24, 2.45) is 0 Å². The number of carbonyl (C=O) groups is 1. The van der Waals surface area contributed by atoms with Gasteiger partial charge in [0.2, 0.25) is 5.91 Å². The number of anilines is 1. The predicted molar refractivity (Wildman–Crippen MR) is 52.5 cm³/mol. The Bertz CT molecular complexity index is 325. The molecule has 0 radical (unpaired) electrons. The van der Waals surface area contributed by atoms with Crippen LogP contribution in [0.2, 0.25) is 0 Å². The molecule has 0 aliphatic carbocycles. The lowest BCUT2D eigenvalue weighted by Gasteiger charge is -2.20. The lowest BCUT2D eigenvalue weighted by atomic mass is 10.3. The third-order valence-electron chi connectivity index (χ3n) is 2.35.